The highest BCUT2D eigenvalue weighted by Gasteiger charge is 2.22. The summed E-state index contributed by atoms with van der Waals surface area (Å²) in [5.41, 5.74) is 1.30. The van der Waals surface area contributed by atoms with Crippen LogP contribution in [0, 0.1) is 5.92 Å². The van der Waals surface area contributed by atoms with Gasteiger partial charge in [0.05, 0.1) is 13.2 Å². The quantitative estimate of drug-likeness (QED) is 0.837. The highest BCUT2D eigenvalue weighted by atomic mass is 16.5. The third-order valence-corrected chi connectivity index (χ3v) is 4.17. The van der Waals surface area contributed by atoms with E-state index in [4.69, 9.17) is 4.74 Å². The topological polar surface area (TPSA) is 37.4 Å². The van der Waals surface area contributed by atoms with Gasteiger partial charge in [-0.2, -0.15) is 0 Å². The maximum atomic E-state index is 5.48. The third kappa shape index (κ3) is 5.38. The van der Waals surface area contributed by atoms with E-state index in [2.05, 4.69) is 48.1 Å². The predicted molar refractivity (Wildman–Crippen MR) is 86.3 cm³/mol. The molecule has 2 rings (SSSR count). The Morgan fingerprint density at radius 1 is 1.19 bits per heavy atom. The summed E-state index contributed by atoms with van der Waals surface area (Å²) in [6, 6.07) is 5.13. The number of nitrogens with zero attached hydrogens (tertiary/aromatic N) is 2. The van der Waals surface area contributed by atoms with Gasteiger partial charge in [0, 0.05) is 44.1 Å². The van der Waals surface area contributed by atoms with Crippen LogP contribution in [0.1, 0.15) is 38.8 Å². The van der Waals surface area contributed by atoms with E-state index in [9.17, 15) is 0 Å². The molecule has 1 fully saturated rings. The monoisotopic (exact) mass is 291 g/mol. The van der Waals surface area contributed by atoms with Crippen molar-refractivity contribution in [3.05, 3.63) is 30.1 Å². The Morgan fingerprint density at radius 2 is 1.86 bits per heavy atom. The summed E-state index contributed by atoms with van der Waals surface area (Å²) < 4.78 is 5.48. The zero-order valence-electron chi connectivity index (χ0n) is 13.6. The molecule has 1 saturated heterocycles. The Labute approximate surface area is 128 Å². The van der Waals surface area contributed by atoms with Gasteiger partial charge in [-0.3, -0.25) is 9.88 Å². The lowest BCUT2D eigenvalue weighted by Gasteiger charge is -2.36. The minimum atomic E-state index is 0.365. The van der Waals surface area contributed by atoms with E-state index in [1.807, 2.05) is 12.4 Å². The fourth-order valence-corrected chi connectivity index (χ4v) is 2.93. The zero-order valence-corrected chi connectivity index (χ0v) is 13.6. The fraction of sp³-hybridized carbons (Fsp3) is 0.706. The minimum absolute atomic E-state index is 0.365. The first-order chi connectivity index (χ1) is 10.2. The average molecular weight is 291 g/mol. The molecule has 118 valence electrons. The molecule has 1 aromatic rings. The second-order valence-electron chi connectivity index (χ2n) is 6.34. The van der Waals surface area contributed by atoms with Crippen molar-refractivity contribution >= 4 is 0 Å². The molecule has 1 aliphatic rings. The van der Waals surface area contributed by atoms with Gasteiger partial charge in [-0.25, -0.2) is 0 Å². The molecule has 2 atom stereocenters. The van der Waals surface area contributed by atoms with Gasteiger partial charge in [0.1, 0.15) is 0 Å². The average Bonchev–Trinajstić information content (AvgIpc) is 2.52. The molecule has 1 aliphatic heterocycles. The van der Waals surface area contributed by atoms with Gasteiger partial charge in [0.25, 0.3) is 0 Å². The van der Waals surface area contributed by atoms with Crippen molar-refractivity contribution in [1.82, 2.24) is 15.2 Å². The summed E-state index contributed by atoms with van der Waals surface area (Å²) >= 11 is 0. The van der Waals surface area contributed by atoms with Gasteiger partial charge in [0.15, 0.2) is 0 Å². The lowest BCUT2D eigenvalue weighted by Crippen LogP contribution is -2.48. The standard InChI is InChI=1S/C17H29N3O/c1-14(2)12-17(20-8-10-21-11-9-20)13-19-15(3)16-4-6-18-7-5-16/h4-7,14-15,17,19H,8-13H2,1-3H3. The molecule has 0 aliphatic carbocycles. The van der Waals surface area contributed by atoms with Crippen molar-refractivity contribution in [2.45, 2.75) is 39.3 Å². The Balaban J connectivity index is 1.88. The number of aromatic nitrogens is 1. The van der Waals surface area contributed by atoms with Gasteiger partial charge in [-0.05, 0) is 37.0 Å². The summed E-state index contributed by atoms with van der Waals surface area (Å²) in [6.07, 6.45) is 4.96. The van der Waals surface area contributed by atoms with Crippen LogP contribution >= 0.6 is 0 Å². The van der Waals surface area contributed by atoms with E-state index >= 15 is 0 Å². The van der Waals surface area contributed by atoms with Crippen LogP contribution in [0.3, 0.4) is 0 Å². The Hall–Kier alpha value is -0.970. The minimum Gasteiger partial charge on any atom is -0.379 e. The van der Waals surface area contributed by atoms with Crippen LogP contribution in [-0.2, 0) is 4.74 Å². The summed E-state index contributed by atoms with van der Waals surface area (Å²) in [4.78, 5) is 6.67. The van der Waals surface area contributed by atoms with E-state index < -0.39 is 0 Å². The second-order valence-corrected chi connectivity index (χ2v) is 6.34. The van der Waals surface area contributed by atoms with Crippen LogP contribution in [-0.4, -0.2) is 48.8 Å². The van der Waals surface area contributed by atoms with Crippen molar-refractivity contribution in [2.24, 2.45) is 5.92 Å². The van der Waals surface area contributed by atoms with E-state index in [-0.39, 0.29) is 0 Å². The molecule has 1 aromatic heterocycles. The van der Waals surface area contributed by atoms with Crippen LogP contribution in [0.4, 0.5) is 0 Å². The van der Waals surface area contributed by atoms with Gasteiger partial charge < -0.3 is 10.1 Å². The third-order valence-electron chi connectivity index (χ3n) is 4.17. The van der Waals surface area contributed by atoms with Crippen molar-refractivity contribution in [3.8, 4) is 0 Å². The SMILES string of the molecule is CC(C)CC(CNC(C)c1ccncc1)N1CCOCC1. The van der Waals surface area contributed by atoms with Crippen LogP contribution in [0.2, 0.25) is 0 Å². The van der Waals surface area contributed by atoms with Crippen LogP contribution < -0.4 is 5.32 Å². The molecular formula is C17H29N3O. The Morgan fingerprint density at radius 3 is 2.48 bits per heavy atom. The molecule has 4 nitrogen and oxygen atoms in total. The fourth-order valence-electron chi connectivity index (χ4n) is 2.93. The van der Waals surface area contributed by atoms with Crippen molar-refractivity contribution in [3.63, 3.8) is 0 Å². The highest BCUT2D eigenvalue weighted by molar-refractivity contribution is 5.13. The molecule has 0 saturated carbocycles. The molecule has 0 radical (unpaired) electrons. The van der Waals surface area contributed by atoms with Gasteiger partial charge in [-0.15, -0.1) is 0 Å². The number of morpholine rings is 1. The van der Waals surface area contributed by atoms with E-state index in [1.165, 1.54) is 12.0 Å². The zero-order chi connectivity index (χ0) is 15.1. The molecule has 4 heteroatoms. The number of hydrogen-bond donors (Lipinski definition) is 1. The van der Waals surface area contributed by atoms with E-state index in [0.717, 1.165) is 38.8 Å². The maximum absolute atomic E-state index is 5.48. The molecule has 0 bridgehead atoms. The summed E-state index contributed by atoms with van der Waals surface area (Å²) in [6.45, 7) is 11.7. The van der Waals surface area contributed by atoms with E-state index in [1.54, 1.807) is 0 Å². The molecule has 0 spiro atoms. The maximum Gasteiger partial charge on any atom is 0.0594 e. The predicted octanol–water partition coefficient (Wildman–Crippen LogP) is 2.48. The van der Waals surface area contributed by atoms with Gasteiger partial charge in [-0.1, -0.05) is 13.8 Å². The Bertz CT molecular complexity index is 390. The van der Waals surface area contributed by atoms with Crippen molar-refractivity contribution in [2.75, 3.05) is 32.8 Å². The normalized spacial score (nSPS) is 19.6. The first-order valence-corrected chi connectivity index (χ1v) is 8.12. The number of ether oxygens (including phenoxy) is 1. The molecule has 2 unspecified atom stereocenters. The van der Waals surface area contributed by atoms with Crippen molar-refractivity contribution in [1.29, 1.82) is 0 Å². The van der Waals surface area contributed by atoms with Gasteiger partial charge >= 0.3 is 0 Å². The van der Waals surface area contributed by atoms with Crippen LogP contribution in [0.15, 0.2) is 24.5 Å². The summed E-state index contributed by atoms with van der Waals surface area (Å²) in [5.74, 6) is 0.718. The van der Waals surface area contributed by atoms with Crippen LogP contribution in [0.5, 0.6) is 0 Å². The Kier molecular flexibility index (Phi) is 6.61. The number of hydrogen-bond acceptors (Lipinski definition) is 4. The molecular weight excluding hydrogens is 262 g/mol. The lowest BCUT2D eigenvalue weighted by molar-refractivity contribution is 0.0119. The summed E-state index contributed by atoms with van der Waals surface area (Å²) in [7, 11) is 0. The summed E-state index contributed by atoms with van der Waals surface area (Å²) in [5, 5.41) is 3.69. The highest BCUT2D eigenvalue weighted by Crippen LogP contribution is 2.15. The molecule has 0 aromatic carbocycles. The smallest absolute Gasteiger partial charge is 0.0594 e. The number of nitrogens with one attached hydrogen (secondary N) is 1. The number of pyridine rings is 1. The molecule has 2 heterocycles. The van der Waals surface area contributed by atoms with Crippen LogP contribution in [0.25, 0.3) is 0 Å². The first kappa shape index (κ1) is 16.4. The second kappa shape index (κ2) is 8.47. The molecule has 21 heavy (non-hydrogen) atoms. The lowest BCUT2D eigenvalue weighted by atomic mass is 10.0. The number of rotatable bonds is 7. The largest absolute Gasteiger partial charge is 0.379 e. The molecule has 0 amide bonds. The van der Waals surface area contributed by atoms with E-state index in [0.29, 0.717) is 12.1 Å². The van der Waals surface area contributed by atoms with Gasteiger partial charge in [0.2, 0.25) is 0 Å². The molecule has 1 N–H and O–H groups in total. The van der Waals surface area contributed by atoms with Crippen molar-refractivity contribution < 1.29 is 4.74 Å². The first-order valence-electron chi connectivity index (χ1n) is 8.12.